The normalized spacial score (nSPS) is 16.0. The number of thioether (sulfide) groups is 1. The third-order valence-corrected chi connectivity index (χ3v) is 6.62. The molecular formula is C19H21N3OS2. The van der Waals surface area contributed by atoms with Crippen molar-refractivity contribution >= 4 is 44.7 Å². The number of rotatable bonds is 4. The van der Waals surface area contributed by atoms with E-state index in [4.69, 9.17) is 4.99 Å². The molecule has 4 nitrogen and oxygen atoms in total. The van der Waals surface area contributed by atoms with Crippen molar-refractivity contribution in [2.45, 2.75) is 38.5 Å². The highest BCUT2D eigenvalue weighted by Crippen LogP contribution is 2.42. The summed E-state index contributed by atoms with van der Waals surface area (Å²) in [6.07, 6.45) is 2.41. The number of anilines is 1. The van der Waals surface area contributed by atoms with Crippen LogP contribution in [0.2, 0.25) is 0 Å². The van der Waals surface area contributed by atoms with Gasteiger partial charge in [-0.25, -0.2) is 4.99 Å². The first-order chi connectivity index (χ1) is 12.3. The fraction of sp³-hybridized carbons (Fsp3) is 0.368. The molecule has 0 saturated carbocycles. The molecule has 2 aromatic rings. The van der Waals surface area contributed by atoms with Crippen LogP contribution in [0.1, 0.15) is 41.3 Å². The second-order valence-electron chi connectivity index (χ2n) is 6.27. The molecule has 3 heterocycles. The van der Waals surface area contributed by atoms with Gasteiger partial charge in [0.1, 0.15) is 10.0 Å². The van der Waals surface area contributed by atoms with Crippen LogP contribution < -0.4 is 10.6 Å². The van der Waals surface area contributed by atoms with Crippen LogP contribution in [0.5, 0.6) is 0 Å². The molecule has 0 fully saturated rings. The number of hydrogen-bond donors (Lipinski definition) is 2. The van der Waals surface area contributed by atoms with Gasteiger partial charge in [-0.1, -0.05) is 25.1 Å². The fourth-order valence-electron chi connectivity index (χ4n) is 3.22. The van der Waals surface area contributed by atoms with Gasteiger partial charge in [-0.3, -0.25) is 4.79 Å². The number of carbonyl (C=O) groups excluding carboxylic acids is 1. The van der Waals surface area contributed by atoms with Gasteiger partial charge >= 0.3 is 0 Å². The summed E-state index contributed by atoms with van der Waals surface area (Å²) in [6.45, 7) is 3.89. The van der Waals surface area contributed by atoms with Gasteiger partial charge in [-0.2, -0.15) is 0 Å². The van der Waals surface area contributed by atoms with Gasteiger partial charge in [0.2, 0.25) is 5.91 Å². The van der Waals surface area contributed by atoms with Crippen molar-refractivity contribution in [1.82, 2.24) is 5.32 Å². The first kappa shape index (κ1) is 16.8. The van der Waals surface area contributed by atoms with E-state index in [9.17, 15) is 4.79 Å². The predicted molar refractivity (Wildman–Crippen MR) is 107 cm³/mol. The molecule has 130 valence electrons. The molecule has 1 aromatic carbocycles. The summed E-state index contributed by atoms with van der Waals surface area (Å²) in [5, 5.41) is 8.59. The lowest BCUT2D eigenvalue weighted by Crippen LogP contribution is -2.23. The van der Waals surface area contributed by atoms with Gasteiger partial charge in [0, 0.05) is 29.2 Å². The molecule has 2 N–H and O–H groups in total. The van der Waals surface area contributed by atoms with Crippen molar-refractivity contribution in [2.75, 3.05) is 11.9 Å². The molecule has 0 spiro atoms. The molecule has 4 rings (SSSR count). The smallest absolute Gasteiger partial charge is 0.224 e. The Kier molecular flexibility index (Phi) is 4.92. The summed E-state index contributed by atoms with van der Waals surface area (Å²) in [6, 6.07) is 8.31. The quantitative estimate of drug-likeness (QED) is 0.834. The Morgan fingerprint density at radius 2 is 2.24 bits per heavy atom. The molecule has 1 amide bonds. The minimum Gasteiger partial charge on any atom is -0.317 e. The molecule has 0 saturated heterocycles. The number of fused-ring (bicyclic) bond motifs is 2. The topological polar surface area (TPSA) is 53.5 Å². The Morgan fingerprint density at radius 3 is 3.12 bits per heavy atom. The third-order valence-electron chi connectivity index (χ3n) is 4.45. The lowest BCUT2D eigenvalue weighted by Gasteiger charge is -2.19. The van der Waals surface area contributed by atoms with Crippen LogP contribution in [0.25, 0.3) is 0 Å². The van der Waals surface area contributed by atoms with Gasteiger partial charge in [0.15, 0.2) is 0 Å². The molecule has 6 heteroatoms. The number of para-hydroxylation sites is 1. The van der Waals surface area contributed by atoms with Crippen LogP contribution >= 0.6 is 23.1 Å². The molecular weight excluding hydrogens is 350 g/mol. The molecule has 0 unspecified atom stereocenters. The van der Waals surface area contributed by atoms with E-state index in [1.165, 1.54) is 16.0 Å². The molecule has 1 aromatic heterocycles. The summed E-state index contributed by atoms with van der Waals surface area (Å²) in [5.74, 6) is 1.03. The number of nitrogens with zero attached hydrogens (tertiary/aromatic N) is 1. The number of nitrogens with one attached hydrogen (secondary N) is 2. The molecule has 0 radical (unpaired) electrons. The van der Waals surface area contributed by atoms with Crippen LogP contribution in [0.3, 0.4) is 0 Å². The second kappa shape index (κ2) is 7.32. The van der Waals surface area contributed by atoms with Crippen molar-refractivity contribution in [1.29, 1.82) is 0 Å². The molecule has 0 bridgehead atoms. The van der Waals surface area contributed by atoms with E-state index in [0.717, 1.165) is 53.0 Å². The lowest BCUT2D eigenvalue weighted by molar-refractivity contribution is -0.116. The van der Waals surface area contributed by atoms with E-state index in [1.54, 1.807) is 23.1 Å². The summed E-state index contributed by atoms with van der Waals surface area (Å²) in [5.41, 5.74) is 4.85. The Morgan fingerprint density at radius 1 is 1.36 bits per heavy atom. The van der Waals surface area contributed by atoms with Gasteiger partial charge in [-0.05, 0) is 36.6 Å². The van der Waals surface area contributed by atoms with Crippen LogP contribution in [-0.2, 0) is 23.5 Å². The van der Waals surface area contributed by atoms with E-state index in [2.05, 4.69) is 28.8 Å². The Balaban J connectivity index is 1.76. The number of aliphatic imine (C=N–C) groups is 1. The zero-order valence-corrected chi connectivity index (χ0v) is 15.9. The Bertz CT molecular complexity index is 841. The van der Waals surface area contributed by atoms with Gasteiger partial charge in [-0.15, -0.1) is 23.1 Å². The van der Waals surface area contributed by atoms with Crippen molar-refractivity contribution in [3.05, 3.63) is 45.8 Å². The van der Waals surface area contributed by atoms with E-state index >= 15 is 0 Å². The van der Waals surface area contributed by atoms with E-state index in [-0.39, 0.29) is 5.91 Å². The van der Waals surface area contributed by atoms with E-state index in [0.29, 0.717) is 6.42 Å². The number of benzene rings is 1. The number of carbonyl (C=O) groups is 1. The minimum atomic E-state index is 0.0946. The maximum atomic E-state index is 12.2. The monoisotopic (exact) mass is 371 g/mol. The van der Waals surface area contributed by atoms with Crippen LogP contribution in [0, 0.1) is 0 Å². The van der Waals surface area contributed by atoms with Crippen molar-refractivity contribution in [2.24, 2.45) is 4.99 Å². The fourth-order valence-corrected chi connectivity index (χ4v) is 5.59. The van der Waals surface area contributed by atoms with Crippen molar-refractivity contribution in [3.8, 4) is 0 Å². The third kappa shape index (κ3) is 3.38. The second-order valence-corrected chi connectivity index (χ2v) is 8.34. The molecule has 2 aliphatic heterocycles. The molecule has 0 aliphatic carbocycles. The van der Waals surface area contributed by atoms with Crippen LogP contribution in [0.15, 0.2) is 29.3 Å². The first-order valence-electron chi connectivity index (χ1n) is 8.71. The maximum absolute atomic E-state index is 12.2. The van der Waals surface area contributed by atoms with Crippen LogP contribution in [-0.4, -0.2) is 17.5 Å². The zero-order chi connectivity index (χ0) is 17.2. The highest BCUT2D eigenvalue weighted by atomic mass is 32.2. The standard InChI is InChI=1S/C19H21N3OS2/c1-2-5-16(23)22-19-17(13-8-9-20-10-15(13)25-19)18-21-14-7-4-3-6-12(14)11-24-18/h3-4,6-7,20H,2,5,8-11H2,1H3,(H,22,23). The average Bonchev–Trinajstić information content (AvgIpc) is 2.99. The predicted octanol–water partition coefficient (Wildman–Crippen LogP) is 4.46. The zero-order valence-electron chi connectivity index (χ0n) is 14.2. The average molecular weight is 372 g/mol. The van der Waals surface area contributed by atoms with E-state index in [1.807, 2.05) is 13.0 Å². The number of hydrogen-bond acceptors (Lipinski definition) is 5. The SMILES string of the molecule is CCCC(=O)Nc1sc2c(c1C1=Nc3ccccc3CS1)CCNC2. The minimum absolute atomic E-state index is 0.0946. The van der Waals surface area contributed by atoms with Crippen molar-refractivity contribution < 1.29 is 4.79 Å². The Hall–Kier alpha value is -1.63. The number of thiophene rings is 1. The maximum Gasteiger partial charge on any atom is 0.224 e. The highest BCUT2D eigenvalue weighted by molar-refractivity contribution is 8.13. The molecule has 0 atom stereocenters. The summed E-state index contributed by atoms with van der Waals surface area (Å²) >= 11 is 3.48. The van der Waals surface area contributed by atoms with Gasteiger partial charge in [0.25, 0.3) is 0 Å². The lowest BCUT2D eigenvalue weighted by atomic mass is 10.0. The van der Waals surface area contributed by atoms with Gasteiger partial charge < -0.3 is 10.6 Å². The number of amides is 1. The van der Waals surface area contributed by atoms with E-state index < -0.39 is 0 Å². The summed E-state index contributed by atoms with van der Waals surface area (Å²) < 4.78 is 0. The molecule has 25 heavy (non-hydrogen) atoms. The Labute approximate surface area is 156 Å². The molecule has 2 aliphatic rings. The summed E-state index contributed by atoms with van der Waals surface area (Å²) in [4.78, 5) is 18.4. The first-order valence-corrected chi connectivity index (χ1v) is 10.5. The highest BCUT2D eigenvalue weighted by Gasteiger charge is 2.26. The largest absolute Gasteiger partial charge is 0.317 e. The van der Waals surface area contributed by atoms with Gasteiger partial charge in [0.05, 0.1) is 5.69 Å². The summed E-state index contributed by atoms with van der Waals surface area (Å²) in [7, 11) is 0. The van der Waals surface area contributed by atoms with Crippen LogP contribution in [0.4, 0.5) is 10.7 Å². The van der Waals surface area contributed by atoms with Crippen molar-refractivity contribution in [3.63, 3.8) is 0 Å².